The SMILES string of the molecule is Cc1ccc(C(=O)Nc2ccc(N3CCN(C(=O)/C=C/c4ccccc4)CC3)cc2)c(Cl)c1. The Morgan fingerprint density at radius 1 is 0.909 bits per heavy atom. The summed E-state index contributed by atoms with van der Waals surface area (Å²) in [6.45, 7) is 4.79. The van der Waals surface area contributed by atoms with Crippen LogP contribution in [0.25, 0.3) is 6.08 Å². The number of nitrogens with zero attached hydrogens (tertiary/aromatic N) is 2. The van der Waals surface area contributed by atoms with E-state index in [4.69, 9.17) is 11.6 Å². The van der Waals surface area contributed by atoms with E-state index in [1.165, 1.54) is 0 Å². The van der Waals surface area contributed by atoms with Crippen molar-refractivity contribution in [2.24, 2.45) is 0 Å². The van der Waals surface area contributed by atoms with E-state index in [1.54, 1.807) is 18.2 Å². The normalized spacial score (nSPS) is 13.9. The van der Waals surface area contributed by atoms with E-state index >= 15 is 0 Å². The van der Waals surface area contributed by atoms with Crippen LogP contribution < -0.4 is 10.2 Å². The van der Waals surface area contributed by atoms with Crippen LogP contribution in [0.5, 0.6) is 0 Å². The van der Waals surface area contributed by atoms with Crippen molar-refractivity contribution in [3.05, 3.63) is 101 Å². The topological polar surface area (TPSA) is 52.7 Å². The third-order valence-electron chi connectivity index (χ3n) is 5.67. The number of nitrogens with one attached hydrogen (secondary N) is 1. The number of amides is 2. The van der Waals surface area contributed by atoms with Crippen molar-refractivity contribution in [1.82, 2.24) is 4.90 Å². The van der Waals surface area contributed by atoms with Crippen molar-refractivity contribution in [2.75, 3.05) is 36.4 Å². The standard InChI is InChI=1S/C27H26ClN3O2/c1-20-7-13-24(25(28)19-20)27(33)29-22-9-11-23(12-10-22)30-15-17-31(18-16-30)26(32)14-8-21-5-3-2-4-6-21/h2-14,19H,15-18H2,1H3,(H,29,33)/b14-8+. The lowest BCUT2D eigenvalue weighted by atomic mass is 10.1. The third-order valence-corrected chi connectivity index (χ3v) is 5.98. The van der Waals surface area contributed by atoms with Gasteiger partial charge in [0.25, 0.3) is 5.91 Å². The maximum Gasteiger partial charge on any atom is 0.257 e. The maximum absolute atomic E-state index is 12.5. The van der Waals surface area contributed by atoms with Gasteiger partial charge in [-0.1, -0.05) is 48.0 Å². The molecule has 6 heteroatoms. The van der Waals surface area contributed by atoms with Crippen molar-refractivity contribution in [1.29, 1.82) is 0 Å². The number of carbonyl (C=O) groups is 2. The lowest BCUT2D eigenvalue weighted by Gasteiger charge is -2.35. The molecule has 1 aliphatic heterocycles. The van der Waals surface area contributed by atoms with Gasteiger partial charge in [-0.25, -0.2) is 0 Å². The monoisotopic (exact) mass is 459 g/mol. The minimum atomic E-state index is -0.233. The molecular formula is C27H26ClN3O2. The predicted octanol–water partition coefficient (Wildman–Crippen LogP) is 5.26. The number of hydrogen-bond acceptors (Lipinski definition) is 3. The van der Waals surface area contributed by atoms with Gasteiger partial charge in [0.2, 0.25) is 5.91 Å². The first kappa shape index (κ1) is 22.6. The first-order valence-electron chi connectivity index (χ1n) is 10.9. The number of rotatable bonds is 5. The fraction of sp³-hybridized carbons (Fsp3) is 0.185. The van der Waals surface area contributed by atoms with Crippen molar-refractivity contribution < 1.29 is 9.59 Å². The van der Waals surface area contributed by atoms with E-state index in [-0.39, 0.29) is 11.8 Å². The molecule has 3 aromatic carbocycles. The maximum atomic E-state index is 12.5. The Morgan fingerprint density at radius 3 is 2.27 bits per heavy atom. The van der Waals surface area contributed by atoms with Crippen molar-refractivity contribution in [3.63, 3.8) is 0 Å². The molecule has 1 heterocycles. The van der Waals surface area contributed by atoms with Crippen molar-refractivity contribution in [3.8, 4) is 0 Å². The van der Waals surface area contributed by atoms with Crippen LogP contribution in [0.3, 0.4) is 0 Å². The Bertz CT molecular complexity index is 1150. The second kappa shape index (κ2) is 10.4. The average Bonchev–Trinajstić information content (AvgIpc) is 2.84. The molecule has 0 radical (unpaired) electrons. The van der Waals surface area contributed by atoms with E-state index in [0.717, 1.165) is 29.9 Å². The van der Waals surface area contributed by atoms with Crippen LogP contribution in [0.1, 0.15) is 21.5 Å². The Labute approximate surface area is 199 Å². The molecule has 1 saturated heterocycles. The zero-order valence-corrected chi connectivity index (χ0v) is 19.3. The first-order chi connectivity index (χ1) is 16.0. The van der Waals surface area contributed by atoms with Crippen molar-refractivity contribution >= 4 is 40.9 Å². The molecule has 33 heavy (non-hydrogen) atoms. The number of anilines is 2. The molecule has 0 bridgehead atoms. The highest BCUT2D eigenvalue weighted by Gasteiger charge is 2.20. The quantitative estimate of drug-likeness (QED) is 0.529. The average molecular weight is 460 g/mol. The molecule has 0 aromatic heterocycles. The van der Waals surface area contributed by atoms with E-state index in [2.05, 4.69) is 10.2 Å². The van der Waals surface area contributed by atoms with Crippen LogP contribution >= 0.6 is 11.6 Å². The van der Waals surface area contributed by atoms with E-state index in [1.807, 2.05) is 78.6 Å². The highest BCUT2D eigenvalue weighted by molar-refractivity contribution is 6.34. The van der Waals surface area contributed by atoms with Gasteiger partial charge in [0, 0.05) is 43.6 Å². The van der Waals surface area contributed by atoms with E-state index in [0.29, 0.717) is 29.4 Å². The number of halogens is 1. The minimum Gasteiger partial charge on any atom is -0.368 e. The Balaban J connectivity index is 1.30. The molecule has 1 N–H and O–H groups in total. The molecule has 0 atom stereocenters. The molecular weight excluding hydrogens is 434 g/mol. The van der Waals surface area contributed by atoms with Crippen LogP contribution in [0.15, 0.2) is 78.9 Å². The second-order valence-electron chi connectivity index (χ2n) is 8.04. The largest absolute Gasteiger partial charge is 0.368 e. The van der Waals surface area contributed by atoms with Crippen LogP contribution in [0.2, 0.25) is 5.02 Å². The molecule has 0 spiro atoms. The molecule has 1 aliphatic rings. The first-order valence-corrected chi connectivity index (χ1v) is 11.3. The smallest absolute Gasteiger partial charge is 0.257 e. The zero-order valence-electron chi connectivity index (χ0n) is 18.5. The van der Waals surface area contributed by atoms with Gasteiger partial charge in [-0.15, -0.1) is 0 Å². The molecule has 0 saturated carbocycles. The summed E-state index contributed by atoms with van der Waals surface area (Å²) in [6, 6.07) is 22.9. The summed E-state index contributed by atoms with van der Waals surface area (Å²) < 4.78 is 0. The lowest BCUT2D eigenvalue weighted by Crippen LogP contribution is -2.48. The van der Waals surface area contributed by atoms with Gasteiger partial charge in [-0.05, 0) is 60.5 Å². The number of benzene rings is 3. The zero-order chi connectivity index (χ0) is 23.2. The molecule has 5 nitrogen and oxygen atoms in total. The summed E-state index contributed by atoms with van der Waals surface area (Å²) in [5.41, 5.74) is 4.25. The Hall–Kier alpha value is -3.57. The summed E-state index contributed by atoms with van der Waals surface area (Å²) in [7, 11) is 0. The van der Waals surface area contributed by atoms with E-state index in [9.17, 15) is 9.59 Å². The van der Waals surface area contributed by atoms with Gasteiger partial charge in [-0.2, -0.15) is 0 Å². The summed E-state index contributed by atoms with van der Waals surface area (Å²) in [5, 5.41) is 3.34. The number of hydrogen-bond donors (Lipinski definition) is 1. The van der Waals surface area contributed by atoms with Crippen LogP contribution in [-0.4, -0.2) is 42.9 Å². The fourth-order valence-electron chi connectivity index (χ4n) is 3.78. The van der Waals surface area contributed by atoms with Crippen LogP contribution in [0, 0.1) is 6.92 Å². The molecule has 3 aromatic rings. The lowest BCUT2D eigenvalue weighted by molar-refractivity contribution is -0.126. The Morgan fingerprint density at radius 2 is 1.61 bits per heavy atom. The van der Waals surface area contributed by atoms with Gasteiger partial charge >= 0.3 is 0 Å². The molecule has 168 valence electrons. The number of carbonyl (C=O) groups excluding carboxylic acids is 2. The van der Waals surface area contributed by atoms with Crippen molar-refractivity contribution in [2.45, 2.75) is 6.92 Å². The van der Waals surface area contributed by atoms with E-state index < -0.39 is 0 Å². The number of piperazine rings is 1. The number of aryl methyl sites for hydroxylation is 1. The van der Waals surface area contributed by atoms with Gasteiger partial charge in [0.15, 0.2) is 0 Å². The fourth-order valence-corrected chi connectivity index (χ4v) is 4.10. The van der Waals surface area contributed by atoms with Gasteiger partial charge in [-0.3, -0.25) is 9.59 Å². The minimum absolute atomic E-state index is 0.0336. The van der Waals surface area contributed by atoms with Gasteiger partial charge in [0.05, 0.1) is 10.6 Å². The van der Waals surface area contributed by atoms with Crippen LogP contribution in [0.4, 0.5) is 11.4 Å². The molecule has 0 aliphatic carbocycles. The van der Waals surface area contributed by atoms with Crippen LogP contribution in [-0.2, 0) is 4.79 Å². The molecule has 0 unspecified atom stereocenters. The highest BCUT2D eigenvalue weighted by Crippen LogP contribution is 2.22. The third kappa shape index (κ3) is 5.82. The summed E-state index contributed by atoms with van der Waals surface area (Å²) in [6.07, 6.45) is 3.49. The highest BCUT2D eigenvalue weighted by atomic mass is 35.5. The molecule has 2 amide bonds. The summed E-state index contributed by atoms with van der Waals surface area (Å²) >= 11 is 6.20. The Kier molecular flexibility index (Phi) is 7.10. The summed E-state index contributed by atoms with van der Waals surface area (Å²) in [5.74, 6) is -0.199. The van der Waals surface area contributed by atoms with Gasteiger partial charge in [0.1, 0.15) is 0 Å². The molecule has 1 fully saturated rings. The van der Waals surface area contributed by atoms with Gasteiger partial charge < -0.3 is 15.1 Å². The summed E-state index contributed by atoms with van der Waals surface area (Å²) in [4.78, 5) is 29.1. The second-order valence-corrected chi connectivity index (χ2v) is 8.45. The predicted molar refractivity (Wildman–Crippen MR) is 135 cm³/mol. The molecule has 4 rings (SSSR count).